The predicted molar refractivity (Wildman–Crippen MR) is 62.5 cm³/mol. The van der Waals surface area contributed by atoms with Crippen LogP contribution in [0, 0.1) is 23.7 Å². The van der Waals surface area contributed by atoms with Crippen molar-refractivity contribution in [1.82, 2.24) is 0 Å². The second kappa shape index (κ2) is 4.44. The molecule has 2 aliphatic rings. The van der Waals surface area contributed by atoms with E-state index >= 15 is 0 Å². The first-order chi connectivity index (χ1) is 6.68. The van der Waals surface area contributed by atoms with Crippen molar-refractivity contribution in [3.05, 3.63) is 0 Å². The molecule has 0 aromatic rings. The van der Waals surface area contributed by atoms with Gasteiger partial charge in [0.2, 0.25) is 0 Å². The zero-order valence-corrected chi connectivity index (χ0v) is 10.1. The Kier molecular flexibility index (Phi) is 3.43. The molecule has 0 aromatic carbocycles. The smallest absolute Gasteiger partial charge is 0.0669 e. The molecule has 0 bridgehead atoms. The summed E-state index contributed by atoms with van der Waals surface area (Å²) in [6, 6.07) is 0. The van der Waals surface area contributed by atoms with Gasteiger partial charge in [0.1, 0.15) is 0 Å². The van der Waals surface area contributed by atoms with Crippen LogP contribution in [0.4, 0.5) is 0 Å². The third kappa shape index (κ3) is 2.11. The predicted octanol–water partition coefficient (Wildman–Crippen LogP) is 2.78. The second-order valence-electron chi connectivity index (χ2n) is 5.30. The third-order valence-electron chi connectivity index (χ3n) is 4.34. The molecule has 0 amide bonds. The highest BCUT2D eigenvalue weighted by molar-refractivity contribution is 7.99. The van der Waals surface area contributed by atoms with E-state index in [2.05, 4.69) is 13.8 Å². The minimum absolute atomic E-state index is 0.00870. The van der Waals surface area contributed by atoms with Gasteiger partial charge in [0.15, 0.2) is 0 Å². The fraction of sp³-hybridized carbons (Fsp3) is 1.00. The molecular weight excluding hydrogens is 192 g/mol. The lowest BCUT2D eigenvalue weighted by Gasteiger charge is -2.36. The molecule has 1 saturated heterocycles. The lowest BCUT2D eigenvalue weighted by molar-refractivity contribution is 0.0740. The number of thioether (sulfide) groups is 1. The van der Waals surface area contributed by atoms with E-state index in [1.165, 1.54) is 25.0 Å². The minimum Gasteiger partial charge on any atom is -0.392 e. The van der Waals surface area contributed by atoms with Crippen LogP contribution in [0.2, 0.25) is 0 Å². The van der Waals surface area contributed by atoms with Gasteiger partial charge in [0, 0.05) is 5.75 Å². The zero-order valence-electron chi connectivity index (χ0n) is 9.28. The molecule has 5 unspecified atom stereocenters. The molecule has 0 aromatic heterocycles. The van der Waals surface area contributed by atoms with E-state index in [1.54, 1.807) is 0 Å². The van der Waals surface area contributed by atoms with Crippen LogP contribution in [0.5, 0.6) is 0 Å². The highest BCUT2D eigenvalue weighted by Crippen LogP contribution is 2.41. The van der Waals surface area contributed by atoms with Gasteiger partial charge in [-0.2, -0.15) is 11.8 Å². The second-order valence-corrected chi connectivity index (χ2v) is 6.37. The lowest BCUT2D eigenvalue weighted by Crippen LogP contribution is -2.32. The maximum Gasteiger partial charge on any atom is 0.0669 e. The van der Waals surface area contributed by atoms with Crippen molar-refractivity contribution in [1.29, 1.82) is 0 Å². The molecule has 0 spiro atoms. The van der Waals surface area contributed by atoms with E-state index in [4.69, 9.17) is 0 Å². The van der Waals surface area contributed by atoms with Gasteiger partial charge in [0.25, 0.3) is 0 Å². The molecule has 1 saturated carbocycles. The Morgan fingerprint density at radius 3 is 2.43 bits per heavy atom. The molecule has 2 rings (SSSR count). The Bertz CT molecular complexity index is 195. The van der Waals surface area contributed by atoms with Gasteiger partial charge in [0.05, 0.1) is 6.10 Å². The van der Waals surface area contributed by atoms with Crippen molar-refractivity contribution in [3.8, 4) is 0 Å². The van der Waals surface area contributed by atoms with E-state index in [-0.39, 0.29) is 6.10 Å². The normalized spacial score (nSPS) is 49.5. The van der Waals surface area contributed by atoms with Crippen LogP contribution in [-0.2, 0) is 0 Å². The summed E-state index contributed by atoms with van der Waals surface area (Å²) < 4.78 is 0. The number of hydrogen-bond donors (Lipinski definition) is 1. The Balaban J connectivity index is 1.92. The van der Waals surface area contributed by atoms with Gasteiger partial charge in [-0.25, -0.2) is 0 Å². The molecule has 1 N–H and O–H groups in total. The Hall–Kier alpha value is 0.310. The SMILES string of the molecule is CC1CCC(C2CSCC2O)CC1C. The molecule has 2 heteroatoms. The summed E-state index contributed by atoms with van der Waals surface area (Å²) in [4.78, 5) is 0. The van der Waals surface area contributed by atoms with Crippen LogP contribution in [0.1, 0.15) is 33.1 Å². The van der Waals surface area contributed by atoms with Gasteiger partial charge < -0.3 is 5.11 Å². The molecule has 0 radical (unpaired) electrons. The highest BCUT2D eigenvalue weighted by Gasteiger charge is 2.36. The van der Waals surface area contributed by atoms with Crippen molar-refractivity contribution in [2.45, 2.75) is 39.2 Å². The molecule has 1 nitrogen and oxygen atoms in total. The molecule has 5 atom stereocenters. The number of rotatable bonds is 1. The van der Waals surface area contributed by atoms with Crippen LogP contribution >= 0.6 is 11.8 Å². The molecule has 2 fully saturated rings. The van der Waals surface area contributed by atoms with Crippen molar-refractivity contribution in [2.75, 3.05) is 11.5 Å². The van der Waals surface area contributed by atoms with Crippen molar-refractivity contribution in [2.24, 2.45) is 23.7 Å². The lowest BCUT2D eigenvalue weighted by atomic mass is 9.70. The largest absolute Gasteiger partial charge is 0.392 e. The van der Waals surface area contributed by atoms with Crippen molar-refractivity contribution < 1.29 is 5.11 Å². The first-order valence-electron chi connectivity index (χ1n) is 5.94. The maximum absolute atomic E-state index is 9.87. The van der Waals surface area contributed by atoms with Crippen LogP contribution in [0.15, 0.2) is 0 Å². The van der Waals surface area contributed by atoms with Crippen LogP contribution in [0.3, 0.4) is 0 Å². The monoisotopic (exact) mass is 214 g/mol. The molecule has 82 valence electrons. The Morgan fingerprint density at radius 1 is 1.07 bits per heavy atom. The van der Waals surface area contributed by atoms with E-state index in [0.29, 0.717) is 5.92 Å². The van der Waals surface area contributed by atoms with E-state index in [9.17, 15) is 5.11 Å². The van der Waals surface area contributed by atoms with E-state index in [0.717, 1.165) is 23.5 Å². The van der Waals surface area contributed by atoms with Crippen LogP contribution in [0.25, 0.3) is 0 Å². The molecular formula is C12H22OS. The first kappa shape index (κ1) is 10.8. The number of hydrogen-bond acceptors (Lipinski definition) is 2. The fourth-order valence-corrected chi connectivity index (χ4v) is 4.38. The molecule has 1 heterocycles. The summed E-state index contributed by atoms with van der Waals surface area (Å²) in [5, 5.41) is 9.87. The van der Waals surface area contributed by atoms with E-state index < -0.39 is 0 Å². The van der Waals surface area contributed by atoms with Gasteiger partial charge in [-0.15, -0.1) is 0 Å². The maximum atomic E-state index is 9.87. The van der Waals surface area contributed by atoms with Crippen LogP contribution < -0.4 is 0 Å². The average molecular weight is 214 g/mol. The van der Waals surface area contributed by atoms with E-state index in [1.807, 2.05) is 11.8 Å². The van der Waals surface area contributed by atoms with Crippen molar-refractivity contribution in [3.63, 3.8) is 0 Å². The summed E-state index contributed by atoms with van der Waals surface area (Å²) in [5.41, 5.74) is 0. The van der Waals surface area contributed by atoms with Gasteiger partial charge in [-0.05, 0) is 42.3 Å². The fourth-order valence-electron chi connectivity index (χ4n) is 2.99. The van der Waals surface area contributed by atoms with Gasteiger partial charge in [-0.3, -0.25) is 0 Å². The summed E-state index contributed by atoms with van der Waals surface area (Å²) in [6.07, 6.45) is 4.07. The van der Waals surface area contributed by atoms with Gasteiger partial charge >= 0.3 is 0 Å². The highest BCUT2D eigenvalue weighted by atomic mass is 32.2. The number of aliphatic hydroxyl groups is 1. The van der Waals surface area contributed by atoms with Crippen molar-refractivity contribution >= 4 is 11.8 Å². The molecule has 14 heavy (non-hydrogen) atoms. The summed E-state index contributed by atoms with van der Waals surface area (Å²) in [6.45, 7) is 4.76. The first-order valence-corrected chi connectivity index (χ1v) is 7.09. The third-order valence-corrected chi connectivity index (χ3v) is 5.54. The van der Waals surface area contributed by atoms with Crippen LogP contribution in [-0.4, -0.2) is 22.7 Å². The van der Waals surface area contributed by atoms with Gasteiger partial charge in [-0.1, -0.05) is 20.3 Å². The molecule has 1 aliphatic heterocycles. The standard InChI is InChI=1S/C12H22OS/c1-8-3-4-10(5-9(8)2)11-6-14-7-12(11)13/h8-13H,3-7H2,1-2H3. The summed E-state index contributed by atoms with van der Waals surface area (Å²) in [5.74, 6) is 5.36. The topological polar surface area (TPSA) is 20.2 Å². The quantitative estimate of drug-likeness (QED) is 0.724. The number of aliphatic hydroxyl groups excluding tert-OH is 1. The average Bonchev–Trinajstić information content (AvgIpc) is 2.57. The summed E-state index contributed by atoms with van der Waals surface area (Å²) >= 11 is 1.94. The summed E-state index contributed by atoms with van der Waals surface area (Å²) in [7, 11) is 0. The molecule has 1 aliphatic carbocycles. The minimum atomic E-state index is -0.00870. The zero-order chi connectivity index (χ0) is 10.1. The Morgan fingerprint density at radius 2 is 1.86 bits per heavy atom. The Labute approximate surface area is 91.7 Å².